The number of rotatable bonds is 0. The fraction of sp³-hybridized carbons (Fsp3) is 0. The van der Waals surface area contributed by atoms with E-state index in [-0.39, 0.29) is 0 Å². The Bertz CT molecular complexity index is 281. The Labute approximate surface area is 56.1 Å². The first-order chi connectivity index (χ1) is 4.97. The molecule has 0 N–H and O–H groups in total. The summed E-state index contributed by atoms with van der Waals surface area (Å²) < 4.78 is 0. The van der Waals surface area contributed by atoms with Crippen LogP contribution in [-0.2, 0) is 0 Å². The molecule has 0 spiro atoms. The molecule has 1 radical (unpaired) electrons. The van der Waals surface area contributed by atoms with Crippen LogP contribution in [0.5, 0.6) is 0 Å². The van der Waals surface area contributed by atoms with Crippen LogP contribution < -0.4 is 0 Å². The van der Waals surface area contributed by atoms with Crippen LogP contribution in [0.15, 0.2) is 12.3 Å². The Hall–Kier alpha value is -1.65. The minimum Gasteiger partial charge on any atom is -0.158 e. The average molecular weight is 132 g/mol. The molecule has 0 aliphatic carbocycles. The van der Waals surface area contributed by atoms with Crippen molar-refractivity contribution in [3.05, 3.63) is 18.5 Å². The van der Waals surface area contributed by atoms with E-state index in [0.29, 0.717) is 11.0 Å². The van der Waals surface area contributed by atoms with E-state index < -0.39 is 0 Å². The lowest BCUT2D eigenvalue weighted by molar-refractivity contribution is 0.878. The molecular weight excluding hydrogens is 130 g/mol. The Morgan fingerprint density at radius 1 is 1.30 bits per heavy atom. The van der Waals surface area contributed by atoms with Gasteiger partial charge in [0.05, 0.1) is 6.20 Å². The minimum absolute atomic E-state index is 0.539. The molecule has 0 aliphatic rings. The van der Waals surface area contributed by atoms with Crippen LogP contribution in [0.4, 0.5) is 0 Å². The monoisotopic (exact) mass is 132 g/mol. The summed E-state index contributed by atoms with van der Waals surface area (Å²) in [6.45, 7) is 0. The van der Waals surface area contributed by atoms with E-state index in [9.17, 15) is 0 Å². The van der Waals surface area contributed by atoms with Crippen LogP contribution in [-0.4, -0.2) is 25.6 Å². The van der Waals surface area contributed by atoms with Gasteiger partial charge in [-0.3, -0.25) is 0 Å². The highest BCUT2D eigenvalue weighted by Gasteiger charge is 1.92. The van der Waals surface area contributed by atoms with E-state index in [4.69, 9.17) is 0 Å². The highest BCUT2D eigenvalue weighted by molar-refractivity contribution is 5.69. The van der Waals surface area contributed by atoms with Gasteiger partial charge in [0.2, 0.25) is 0 Å². The summed E-state index contributed by atoms with van der Waals surface area (Å²) in [4.78, 5) is 0. The lowest BCUT2D eigenvalue weighted by Crippen LogP contribution is -1.90. The second-order valence-electron chi connectivity index (χ2n) is 1.67. The molecule has 0 aliphatic heterocycles. The van der Waals surface area contributed by atoms with Gasteiger partial charge < -0.3 is 0 Å². The topological polar surface area (TPSA) is 64.5 Å². The lowest BCUT2D eigenvalue weighted by atomic mass is 10.4. The minimum atomic E-state index is 0.539. The van der Waals surface area contributed by atoms with Gasteiger partial charge in [-0.15, -0.1) is 15.3 Å². The molecule has 0 saturated heterocycles. The summed E-state index contributed by atoms with van der Waals surface area (Å²) in [6, 6.07) is 1.70. The van der Waals surface area contributed by atoms with E-state index in [2.05, 4.69) is 31.8 Å². The summed E-state index contributed by atoms with van der Waals surface area (Å²) in [6.07, 6.45) is 4.10. The van der Waals surface area contributed by atoms with Crippen molar-refractivity contribution >= 4 is 11.0 Å². The first-order valence-electron chi connectivity index (χ1n) is 2.65. The van der Waals surface area contributed by atoms with Gasteiger partial charge in [0.25, 0.3) is 0 Å². The number of hydrogen-bond acceptors (Lipinski definition) is 5. The second kappa shape index (κ2) is 1.94. The van der Waals surface area contributed by atoms with Crippen LogP contribution in [0.1, 0.15) is 0 Å². The third-order valence-electron chi connectivity index (χ3n) is 1.05. The third-order valence-corrected chi connectivity index (χ3v) is 1.05. The van der Waals surface area contributed by atoms with E-state index in [1.54, 1.807) is 12.3 Å². The van der Waals surface area contributed by atoms with Gasteiger partial charge in [0.1, 0.15) is 17.2 Å². The predicted molar refractivity (Wildman–Crippen MR) is 31.8 cm³/mol. The largest absolute Gasteiger partial charge is 0.158 e. The molecule has 2 heterocycles. The Morgan fingerprint density at radius 2 is 2.30 bits per heavy atom. The maximum atomic E-state index is 3.71. The SMILES string of the molecule is [c]1nnnc2ccnnc12. The zero-order valence-electron chi connectivity index (χ0n) is 4.89. The van der Waals surface area contributed by atoms with Crippen LogP contribution >= 0.6 is 0 Å². The summed E-state index contributed by atoms with van der Waals surface area (Å²) in [7, 11) is 0. The standard InChI is InChI=1S/C5H2N5/c1-2-6-8-5-3-7-10-9-4(1)5/h1-2H. The number of fused-ring (bicyclic) bond motifs is 1. The lowest BCUT2D eigenvalue weighted by Gasteiger charge is -1.86. The van der Waals surface area contributed by atoms with Gasteiger partial charge in [-0.25, -0.2) is 0 Å². The highest BCUT2D eigenvalue weighted by atomic mass is 15.3. The van der Waals surface area contributed by atoms with Crippen molar-refractivity contribution in [2.75, 3.05) is 0 Å². The molecule has 0 saturated carbocycles. The molecule has 0 aromatic carbocycles. The molecular formula is C5H2N5. The molecule has 5 heteroatoms. The fourth-order valence-electron chi connectivity index (χ4n) is 0.626. The molecule has 0 atom stereocenters. The second-order valence-corrected chi connectivity index (χ2v) is 1.67. The molecule has 47 valence electrons. The number of nitrogens with zero attached hydrogens (tertiary/aromatic N) is 5. The highest BCUT2D eigenvalue weighted by Crippen LogP contribution is 1.98. The van der Waals surface area contributed by atoms with Crippen molar-refractivity contribution in [1.29, 1.82) is 0 Å². The van der Waals surface area contributed by atoms with Crippen molar-refractivity contribution in [3.63, 3.8) is 0 Å². The molecule has 2 aromatic rings. The summed E-state index contributed by atoms with van der Waals surface area (Å²) in [5.41, 5.74) is 1.20. The van der Waals surface area contributed by atoms with Gasteiger partial charge in [-0.05, 0) is 11.3 Å². The van der Waals surface area contributed by atoms with E-state index >= 15 is 0 Å². The maximum Gasteiger partial charge on any atom is 0.147 e. The van der Waals surface area contributed by atoms with Crippen LogP contribution in [0.3, 0.4) is 0 Å². The number of hydrogen-bond donors (Lipinski definition) is 0. The van der Waals surface area contributed by atoms with Crippen molar-refractivity contribution < 1.29 is 0 Å². The van der Waals surface area contributed by atoms with E-state index in [0.717, 1.165) is 0 Å². The fourth-order valence-corrected chi connectivity index (χ4v) is 0.626. The predicted octanol–water partition coefficient (Wildman–Crippen LogP) is -0.385. The molecule has 2 rings (SSSR count). The molecule has 10 heavy (non-hydrogen) atoms. The molecule has 0 unspecified atom stereocenters. The Balaban J connectivity index is 2.89. The average Bonchev–Trinajstić information content (AvgIpc) is 2.05. The first-order valence-corrected chi connectivity index (χ1v) is 2.65. The molecule has 0 amide bonds. The number of aromatic nitrogens is 5. The van der Waals surface area contributed by atoms with Crippen molar-refractivity contribution in [2.24, 2.45) is 0 Å². The summed E-state index contributed by atoms with van der Waals surface area (Å²) >= 11 is 0. The van der Waals surface area contributed by atoms with Gasteiger partial charge in [-0.1, -0.05) is 0 Å². The zero-order chi connectivity index (χ0) is 6.81. The van der Waals surface area contributed by atoms with Crippen LogP contribution in [0, 0.1) is 6.20 Å². The van der Waals surface area contributed by atoms with E-state index in [1.807, 2.05) is 0 Å². The molecule has 2 aromatic heterocycles. The summed E-state index contributed by atoms with van der Waals surface area (Å²) in [5, 5.41) is 17.8. The van der Waals surface area contributed by atoms with Crippen molar-refractivity contribution in [3.8, 4) is 0 Å². The quantitative estimate of drug-likeness (QED) is 0.488. The van der Waals surface area contributed by atoms with Crippen molar-refractivity contribution in [2.45, 2.75) is 0 Å². The van der Waals surface area contributed by atoms with Crippen LogP contribution in [0.25, 0.3) is 11.0 Å². The van der Waals surface area contributed by atoms with Gasteiger partial charge in [0.15, 0.2) is 0 Å². The smallest absolute Gasteiger partial charge is 0.147 e. The Morgan fingerprint density at radius 3 is 3.20 bits per heavy atom. The molecule has 0 fully saturated rings. The molecule has 0 bridgehead atoms. The first kappa shape index (κ1) is 5.16. The van der Waals surface area contributed by atoms with Gasteiger partial charge >= 0.3 is 0 Å². The molecule has 5 nitrogen and oxygen atoms in total. The summed E-state index contributed by atoms with van der Waals surface area (Å²) in [5.74, 6) is 0. The zero-order valence-corrected chi connectivity index (χ0v) is 4.89. The van der Waals surface area contributed by atoms with Gasteiger partial charge in [0, 0.05) is 0 Å². The van der Waals surface area contributed by atoms with Crippen molar-refractivity contribution in [1.82, 2.24) is 25.6 Å². The van der Waals surface area contributed by atoms with Gasteiger partial charge in [-0.2, -0.15) is 5.10 Å². The van der Waals surface area contributed by atoms with Crippen LogP contribution in [0.2, 0.25) is 0 Å². The maximum absolute atomic E-state index is 3.71. The Kier molecular flexibility index (Phi) is 1.00. The third kappa shape index (κ3) is 0.680. The van der Waals surface area contributed by atoms with E-state index in [1.165, 1.54) is 0 Å². The normalized spacial score (nSPS) is 10.0.